The van der Waals surface area contributed by atoms with Crippen LogP contribution in [0.2, 0.25) is 0 Å². The number of carbonyl (C=O) groups is 2. The molecule has 0 bridgehead atoms. The van der Waals surface area contributed by atoms with Crippen LogP contribution in [0.25, 0.3) is 0 Å². The Kier molecular flexibility index (Phi) is 7.17. The molecule has 0 fully saturated rings. The van der Waals surface area contributed by atoms with Crippen LogP contribution in [0.4, 0.5) is 11.4 Å². The van der Waals surface area contributed by atoms with Gasteiger partial charge in [0.25, 0.3) is 5.91 Å². The van der Waals surface area contributed by atoms with Crippen molar-refractivity contribution in [2.75, 3.05) is 22.9 Å². The minimum absolute atomic E-state index is 0.0285. The largest absolute Gasteiger partial charge is 0.452 e. The van der Waals surface area contributed by atoms with Gasteiger partial charge in [-0.25, -0.2) is 13.2 Å². The lowest BCUT2D eigenvalue weighted by molar-refractivity contribution is -0.119. The zero-order valence-electron chi connectivity index (χ0n) is 16.1. The van der Waals surface area contributed by atoms with E-state index in [9.17, 15) is 18.0 Å². The summed E-state index contributed by atoms with van der Waals surface area (Å²) in [5.74, 6) is -0.997. The van der Waals surface area contributed by atoms with Gasteiger partial charge in [-0.05, 0) is 36.1 Å². The molecular formula is C20H24N2O5S. The number of amides is 1. The molecule has 0 aliphatic heterocycles. The van der Waals surface area contributed by atoms with Crippen molar-refractivity contribution in [3.8, 4) is 0 Å². The highest BCUT2D eigenvalue weighted by Crippen LogP contribution is 2.26. The molecule has 0 radical (unpaired) electrons. The van der Waals surface area contributed by atoms with Gasteiger partial charge in [0.15, 0.2) is 6.61 Å². The van der Waals surface area contributed by atoms with Gasteiger partial charge in [0.2, 0.25) is 10.0 Å². The second kappa shape index (κ2) is 9.36. The summed E-state index contributed by atoms with van der Waals surface area (Å²) < 4.78 is 30.2. The molecule has 2 N–H and O–H groups in total. The highest BCUT2D eigenvalue weighted by molar-refractivity contribution is 7.92. The third-order valence-corrected chi connectivity index (χ3v) is 4.75. The third kappa shape index (κ3) is 6.09. The zero-order valence-corrected chi connectivity index (χ0v) is 16.9. The van der Waals surface area contributed by atoms with Crippen molar-refractivity contribution in [2.45, 2.75) is 26.2 Å². The van der Waals surface area contributed by atoms with E-state index in [1.54, 1.807) is 18.2 Å². The van der Waals surface area contributed by atoms with Gasteiger partial charge < -0.3 is 10.1 Å². The average Bonchev–Trinajstić information content (AvgIpc) is 2.65. The van der Waals surface area contributed by atoms with Crippen molar-refractivity contribution < 1.29 is 22.7 Å². The van der Waals surface area contributed by atoms with E-state index in [-0.39, 0.29) is 17.2 Å². The Morgan fingerprint density at radius 2 is 1.64 bits per heavy atom. The molecule has 28 heavy (non-hydrogen) atoms. The number of hydrogen-bond donors (Lipinski definition) is 2. The van der Waals surface area contributed by atoms with E-state index in [0.29, 0.717) is 5.69 Å². The van der Waals surface area contributed by atoms with Crippen molar-refractivity contribution in [1.82, 2.24) is 0 Å². The summed E-state index contributed by atoms with van der Waals surface area (Å²) >= 11 is 0. The Morgan fingerprint density at radius 3 is 2.29 bits per heavy atom. The highest BCUT2D eigenvalue weighted by atomic mass is 32.2. The quantitative estimate of drug-likeness (QED) is 0.657. The average molecular weight is 404 g/mol. The van der Waals surface area contributed by atoms with Crippen LogP contribution in [0, 0.1) is 0 Å². The number of benzene rings is 2. The predicted molar refractivity (Wildman–Crippen MR) is 109 cm³/mol. The molecule has 0 heterocycles. The number of anilines is 2. The summed E-state index contributed by atoms with van der Waals surface area (Å²) in [5, 5.41) is 2.76. The smallest absolute Gasteiger partial charge is 0.340 e. The van der Waals surface area contributed by atoms with Crippen LogP contribution in [0.5, 0.6) is 0 Å². The second-order valence-electron chi connectivity index (χ2n) is 6.44. The van der Waals surface area contributed by atoms with Crippen molar-refractivity contribution >= 4 is 33.3 Å². The summed E-state index contributed by atoms with van der Waals surface area (Å²) in [6.07, 6.45) is 1.91. The summed E-state index contributed by atoms with van der Waals surface area (Å²) in [6, 6.07) is 13.5. The Morgan fingerprint density at radius 1 is 1.04 bits per heavy atom. The molecule has 0 unspecified atom stereocenters. The number of carbonyl (C=O) groups excluding carboxylic acids is 2. The Bertz CT molecular complexity index is 957. The maximum atomic E-state index is 12.3. The normalized spacial score (nSPS) is 12.1. The van der Waals surface area contributed by atoms with Gasteiger partial charge in [0.05, 0.1) is 17.5 Å². The first-order valence-corrected chi connectivity index (χ1v) is 10.7. The van der Waals surface area contributed by atoms with E-state index >= 15 is 0 Å². The van der Waals surface area contributed by atoms with Crippen LogP contribution in [0.3, 0.4) is 0 Å². The molecule has 2 rings (SSSR count). The number of nitrogens with one attached hydrogen (secondary N) is 2. The van der Waals surface area contributed by atoms with Crippen LogP contribution >= 0.6 is 0 Å². The molecule has 2 aromatic carbocycles. The van der Waals surface area contributed by atoms with Crippen LogP contribution < -0.4 is 10.0 Å². The second-order valence-corrected chi connectivity index (χ2v) is 8.19. The number of sulfonamides is 1. The molecule has 0 saturated heterocycles. The SMILES string of the molecule is CC[C@H](C)c1ccccc1NC(=O)COC(=O)c1ccccc1NS(C)(=O)=O. The summed E-state index contributed by atoms with van der Waals surface area (Å²) in [6.45, 7) is 3.64. The fourth-order valence-corrected chi connectivity index (χ4v) is 3.18. The number of hydrogen-bond acceptors (Lipinski definition) is 5. The van der Waals surface area contributed by atoms with Gasteiger partial charge in [-0.3, -0.25) is 9.52 Å². The molecule has 0 aliphatic rings. The lowest BCUT2D eigenvalue weighted by atomic mass is 9.97. The van der Waals surface area contributed by atoms with Gasteiger partial charge in [-0.2, -0.15) is 0 Å². The van der Waals surface area contributed by atoms with Crippen molar-refractivity contribution in [1.29, 1.82) is 0 Å². The van der Waals surface area contributed by atoms with Gasteiger partial charge in [0, 0.05) is 5.69 Å². The maximum Gasteiger partial charge on any atom is 0.340 e. The van der Waals surface area contributed by atoms with E-state index in [1.807, 2.05) is 18.2 Å². The van der Waals surface area contributed by atoms with Crippen molar-refractivity contribution in [2.24, 2.45) is 0 Å². The van der Waals surface area contributed by atoms with E-state index in [2.05, 4.69) is 23.9 Å². The van der Waals surface area contributed by atoms with Gasteiger partial charge in [-0.1, -0.05) is 44.2 Å². The first-order valence-electron chi connectivity index (χ1n) is 8.84. The van der Waals surface area contributed by atoms with Crippen molar-refractivity contribution in [3.63, 3.8) is 0 Å². The topological polar surface area (TPSA) is 102 Å². The van der Waals surface area contributed by atoms with E-state index < -0.39 is 28.5 Å². The fraction of sp³-hybridized carbons (Fsp3) is 0.300. The number of esters is 1. The number of rotatable bonds is 8. The molecule has 150 valence electrons. The minimum atomic E-state index is -3.56. The zero-order chi connectivity index (χ0) is 20.7. The molecule has 0 aliphatic carbocycles. The number of ether oxygens (including phenoxy) is 1. The van der Waals surface area contributed by atoms with E-state index in [4.69, 9.17) is 4.74 Å². The lowest BCUT2D eigenvalue weighted by Crippen LogP contribution is -2.22. The molecule has 0 aromatic heterocycles. The first-order chi connectivity index (χ1) is 13.2. The Hall–Kier alpha value is -2.87. The first kappa shape index (κ1) is 21.4. The summed E-state index contributed by atoms with van der Waals surface area (Å²) in [5.41, 5.74) is 1.81. The van der Waals surface area contributed by atoms with E-state index in [1.165, 1.54) is 12.1 Å². The highest BCUT2D eigenvalue weighted by Gasteiger charge is 2.17. The van der Waals surface area contributed by atoms with Gasteiger partial charge in [-0.15, -0.1) is 0 Å². The molecule has 1 atom stereocenters. The lowest BCUT2D eigenvalue weighted by Gasteiger charge is -2.16. The molecule has 1 amide bonds. The minimum Gasteiger partial charge on any atom is -0.452 e. The molecule has 8 heteroatoms. The molecule has 2 aromatic rings. The predicted octanol–water partition coefficient (Wildman–Crippen LogP) is 3.37. The maximum absolute atomic E-state index is 12.3. The van der Waals surface area contributed by atoms with Crippen LogP contribution in [0.15, 0.2) is 48.5 Å². The fourth-order valence-electron chi connectivity index (χ4n) is 2.61. The molecule has 0 spiro atoms. The van der Waals surface area contributed by atoms with Crippen LogP contribution in [0.1, 0.15) is 42.1 Å². The summed E-state index contributed by atoms with van der Waals surface area (Å²) in [7, 11) is -3.56. The molecule has 0 saturated carbocycles. The third-order valence-electron chi connectivity index (χ3n) is 4.15. The Balaban J connectivity index is 2.04. The molecular weight excluding hydrogens is 380 g/mol. The standard InChI is InChI=1S/C20H24N2O5S/c1-4-14(2)15-9-5-7-11-17(15)21-19(23)13-27-20(24)16-10-6-8-12-18(16)22-28(3,25)26/h5-12,14,22H,4,13H2,1-3H3,(H,21,23)/t14-/m0/s1. The van der Waals surface area contributed by atoms with Gasteiger partial charge in [0.1, 0.15) is 0 Å². The van der Waals surface area contributed by atoms with Crippen molar-refractivity contribution in [3.05, 3.63) is 59.7 Å². The van der Waals surface area contributed by atoms with Crippen LogP contribution in [-0.2, 0) is 19.6 Å². The van der Waals surface area contributed by atoms with Gasteiger partial charge >= 0.3 is 5.97 Å². The van der Waals surface area contributed by atoms with E-state index in [0.717, 1.165) is 18.2 Å². The summed E-state index contributed by atoms with van der Waals surface area (Å²) in [4.78, 5) is 24.5. The molecule has 7 nitrogen and oxygen atoms in total. The monoisotopic (exact) mass is 404 g/mol. The van der Waals surface area contributed by atoms with Crippen LogP contribution in [-0.4, -0.2) is 33.2 Å². The number of para-hydroxylation sites is 2. The Labute approximate surface area is 165 Å².